The van der Waals surface area contributed by atoms with Gasteiger partial charge < -0.3 is 35.6 Å². The van der Waals surface area contributed by atoms with Crippen LogP contribution in [0.4, 0.5) is 4.79 Å². The summed E-state index contributed by atoms with van der Waals surface area (Å²) < 4.78 is 4.80. The summed E-state index contributed by atoms with van der Waals surface area (Å²) in [5.41, 5.74) is 12.0. The van der Waals surface area contributed by atoms with Crippen LogP contribution < -0.4 is 11.1 Å². The van der Waals surface area contributed by atoms with Crippen LogP contribution in [0.3, 0.4) is 0 Å². The van der Waals surface area contributed by atoms with Crippen LogP contribution >= 0.6 is 0 Å². The molecule has 0 aliphatic carbocycles. The molecule has 50 heavy (non-hydrogen) atoms. The number of nitrogens with two attached hydrogens (primary N) is 1. The van der Waals surface area contributed by atoms with E-state index < -0.39 is 18.2 Å². The number of ether oxygens (including phenoxy) is 1. The van der Waals surface area contributed by atoms with Crippen molar-refractivity contribution in [3.63, 3.8) is 0 Å². The number of hydrogen-bond donors (Lipinski definition) is 4. The molecule has 2 aromatic heterocycles. The van der Waals surface area contributed by atoms with E-state index in [0.29, 0.717) is 13.1 Å². The van der Waals surface area contributed by atoms with Crippen LogP contribution in [0.5, 0.6) is 0 Å². The molecule has 0 spiro atoms. The lowest BCUT2D eigenvalue weighted by Gasteiger charge is -2.30. The van der Waals surface area contributed by atoms with E-state index in [1.165, 1.54) is 7.11 Å². The van der Waals surface area contributed by atoms with E-state index in [-0.39, 0.29) is 35.7 Å². The molecule has 2 aliphatic rings. The van der Waals surface area contributed by atoms with Crippen molar-refractivity contribution in [1.82, 2.24) is 35.1 Å². The van der Waals surface area contributed by atoms with Gasteiger partial charge in [-0.25, -0.2) is 14.8 Å². The Labute approximate surface area is 293 Å². The molecule has 12 heteroatoms. The molecule has 0 saturated carbocycles. The van der Waals surface area contributed by atoms with Crippen LogP contribution in [0.25, 0.3) is 33.4 Å². The van der Waals surface area contributed by atoms with Crippen LogP contribution in [0.1, 0.15) is 90.0 Å². The van der Waals surface area contributed by atoms with E-state index in [9.17, 15) is 14.4 Å². The number of likely N-dealkylation sites (tertiary alicyclic amines) is 2. The maximum Gasteiger partial charge on any atom is 0.407 e. The second-order valence-corrected chi connectivity index (χ2v) is 13.9. The van der Waals surface area contributed by atoms with E-state index in [1.54, 1.807) is 0 Å². The normalized spacial score (nSPS) is 20.1. The van der Waals surface area contributed by atoms with Gasteiger partial charge in [-0.1, -0.05) is 70.9 Å². The molecule has 3 amide bonds. The summed E-state index contributed by atoms with van der Waals surface area (Å²) in [6.07, 6.45) is 6.28. The van der Waals surface area contributed by atoms with Crippen LogP contribution in [0.15, 0.2) is 48.7 Å². The quantitative estimate of drug-likeness (QED) is 0.149. The Morgan fingerprint density at radius 3 is 2.16 bits per heavy atom. The molecule has 6 rings (SSSR count). The molecular weight excluding hydrogens is 632 g/mol. The number of H-pyrrole nitrogens is 2. The van der Waals surface area contributed by atoms with Gasteiger partial charge in [0.25, 0.3) is 0 Å². The van der Waals surface area contributed by atoms with E-state index in [0.717, 1.165) is 83.6 Å². The minimum atomic E-state index is -0.666. The van der Waals surface area contributed by atoms with Gasteiger partial charge >= 0.3 is 6.09 Å². The largest absolute Gasteiger partial charge is 0.453 e. The molecule has 2 saturated heterocycles. The summed E-state index contributed by atoms with van der Waals surface area (Å²) in [6.45, 7) is 9.36. The second-order valence-electron chi connectivity index (χ2n) is 13.9. The van der Waals surface area contributed by atoms with E-state index in [2.05, 4.69) is 63.6 Å². The molecule has 2 fully saturated rings. The number of carbonyl (C=O) groups is 3. The van der Waals surface area contributed by atoms with Crippen molar-refractivity contribution >= 4 is 28.9 Å². The lowest BCUT2D eigenvalue weighted by molar-refractivity contribution is -0.136. The first-order valence-corrected chi connectivity index (χ1v) is 18.0. The van der Waals surface area contributed by atoms with Crippen molar-refractivity contribution < 1.29 is 19.1 Å². The molecule has 4 aromatic rings. The third-order valence-electron chi connectivity index (χ3n) is 10.8. The summed E-state index contributed by atoms with van der Waals surface area (Å²) in [4.78, 5) is 59.2. The minimum absolute atomic E-state index is 0.00255. The number of amides is 3. The predicted octanol–water partition coefficient (Wildman–Crippen LogP) is 6.09. The average Bonchev–Trinajstić information content (AvgIpc) is 3.97. The number of aromatic nitrogens is 4. The first-order chi connectivity index (χ1) is 24.1. The third-order valence-corrected chi connectivity index (χ3v) is 10.8. The number of carbonyl (C=O) groups excluding carboxylic acids is 3. The highest BCUT2D eigenvalue weighted by Crippen LogP contribution is 2.35. The Morgan fingerprint density at radius 2 is 1.50 bits per heavy atom. The van der Waals surface area contributed by atoms with Crippen LogP contribution in [-0.2, 0) is 14.3 Å². The number of nitrogens with one attached hydrogen (secondary N) is 3. The van der Waals surface area contributed by atoms with Gasteiger partial charge in [0.1, 0.15) is 17.7 Å². The number of imidazole rings is 2. The fourth-order valence-electron chi connectivity index (χ4n) is 7.23. The fraction of sp³-hybridized carbons (Fsp3) is 0.500. The monoisotopic (exact) mass is 682 g/mol. The summed E-state index contributed by atoms with van der Waals surface area (Å²) in [5, 5.41) is 2.75. The Balaban J connectivity index is 1.16. The summed E-state index contributed by atoms with van der Waals surface area (Å²) in [7, 11) is 1.31. The summed E-state index contributed by atoms with van der Waals surface area (Å²) in [5.74, 6) is 1.52. The van der Waals surface area contributed by atoms with Gasteiger partial charge in [-0.2, -0.15) is 0 Å². The van der Waals surface area contributed by atoms with Gasteiger partial charge in [0.2, 0.25) is 11.8 Å². The Kier molecular flexibility index (Phi) is 10.6. The average molecular weight is 683 g/mol. The van der Waals surface area contributed by atoms with Crippen molar-refractivity contribution in [2.75, 3.05) is 20.2 Å². The summed E-state index contributed by atoms with van der Waals surface area (Å²) >= 11 is 0. The van der Waals surface area contributed by atoms with Crippen LogP contribution in [0, 0.1) is 11.8 Å². The number of rotatable bonds is 11. The van der Waals surface area contributed by atoms with Gasteiger partial charge in [0, 0.05) is 13.1 Å². The molecule has 2 aromatic carbocycles. The Hall–Kier alpha value is -4.71. The van der Waals surface area contributed by atoms with Gasteiger partial charge in [-0.05, 0) is 66.3 Å². The molecule has 12 nitrogen and oxygen atoms in total. The molecule has 4 heterocycles. The molecule has 266 valence electrons. The van der Waals surface area contributed by atoms with E-state index >= 15 is 0 Å². The highest BCUT2D eigenvalue weighted by atomic mass is 16.5. The number of fused-ring (bicyclic) bond motifs is 1. The molecule has 0 bridgehead atoms. The zero-order chi connectivity index (χ0) is 35.5. The molecule has 5 N–H and O–H groups in total. The highest BCUT2D eigenvalue weighted by Gasteiger charge is 2.38. The number of aromatic amines is 2. The first kappa shape index (κ1) is 35.1. The Morgan fingerprint density at radius 1 is 0.880 bits per heavy atom. The van der Waals surface area contributed by atoms with Crippen LogP contribution in [0.2, 0.25) is 0 Å². The fourth-order valence-corrected chi connectivity index (χ4v) is 7.23. The van der Waals surface area contributed by atoms with E-state index in [1.807, 2.05) is 42.8 Å². The Bertz CT molecular complexity index is 1820. The molecule has 2 unspecified atom stereocenters. The van der Waals surface area contributed by atoms with Crippen molar-refractivity contribution in [2.45, 2.75) is 90.4 Å². The smallest absolute Gasteiger partial charge is 0.407 e. The molecule has 0 radical (unpaired) electrons. The second kappa shape index (κ2) is 15.0. The highest BCUT2D eigenvalue weighted by molar-refractivity contribution is 5.87. The van der Waals surface area contributed by atoms with Gasteiger partial charge in [0.05, 0.1) is 48.2 Å². The maximum atomic E-state index is 13.7. The van der Waals surface area contributed by atoms with Crippen molar-refractivity contribution in [2.24, 2.45) is 17.6 Å². The number of benzene rings is 2. The number of alkyl carbamates (subject to hydrolysis) is 1. The standard InChI is InChI=1S/C38H50N8O4/c1-6-22(3)32(39)36(47)45-18-8-10-30(45)34-40-21-29(43-34)25-14-12-24(13-15-25)26-16-17-27-28(20-26)42-35(41-27)31-11-9-19-46(31)37(48)33(23(4)7-2)44-38(49)50-5/h12-17,20-23,30-33H,6-11,18-19,39H2,1-5H3,(H,40,43)(H,41,42)(H,44,49)/t22?,23?,30-,31-,32-,33-/m0/s1. The lowest BCUT2D eigenvalue weighted by Crippen LogP contribution is -2.51. The molecule has 6 atom stereocenters. The third kappa shape index (κ3) is 6.98. The van der Waals surface area contributed by atoms with E-state index in [4.69, 9.17) is 15.5 Å². The van der Waals surface area contributed by atoms with Crippen molar-refractivity contribution in [1.29, 1.82) is 0 Å². The van der Waals surface area contributed by atoms with Crippen molar-refractivity contribution in [3.05, 3.63) is 60.3 Å². The summed E-state index contributed by atoms with van der Waals surface area (Å²) in [6, 6.07) is 13.0. The number of methoxy groups -OCH3 is 1. The minimum Gasteiger partial charge on any atom is -0.453 e. The van der Waals surface area contributed by atoms with Crippen molar-refractivity contribution in [3.8, 4) is 22.4 Å². The van der Waals surface area contributed by atoms with Gasteiger partial charge in [-0.15, -0.1) is 0 Å². The van der Waals surface area contributed by atoms with Crippen LogP contribution in [-0.4, -0.2) is 79.9 Å². The zero-order valence-electron chi connectivity index (χ0n) is 29.7. The number of nitrogens with zero attached hydrogens (tertiary/aromatic N) is 4. The number of hydrogen-bond acceptors (Lipinski definition) is 7. The zero-order valence-corrected chi connectivity index (χ0v) is 29.7. The first-order valence-electron chi connectivity index (χ1n) is 18.0. The molecule has 2 aliphatic heterocycles. The predicted molar refractivity (Wildman–Crippen MR) is 193 cm³/mol. The lowest BCUT2D eigenvalue weighted by atomic mass is 9.97. The molecular formula is C38H50N8O4. The van der Waals surface area contributed by atoms with Gasteiger partial charge in [-0.3, -0.25) is 9.59 Å². The maximum absolute atomic E-state index is 13.7. The SMILES string of the molecule is CCC(C)[C@H](N)C(=O)N1CCC[C@H]1c1ncc(-c2ccc(-c3ccc4nc([C@@H]5CCCN5C(=O)[C@@H](NC(=O)OC)C(C)CC)[nH]c4c3)cc2)[nH]1. The van der Waals surface area contributed by atoms with Gasteiger partial charge in [0.15, 0.2) is 0 Å². The topological polar surface area (TPSA) is 162 Å².